The summed E-state index contributed by atoms with van der Waals surface area (Å²) in [5.74, 6) is 0. The Balaban J connectivity index is 1.55. The van der Waals surface area contributed by atoms with Gasteiger partial charge in [0.15, 0.2) is 0 Å². The second kappa shape index (κ2) is 6.56. The van der Waals surface area contributed by atoms with Gasteiger partial charge in [0.1, 0.15) is 0 Å². The molecule has 2 aromatic heterocycles. The van der Waals surface area contributed by atoms with Crippen molar-refractivity contribution < 1.29 is 5.11 Å². The van der Waals surface area contributed by atoms with Gasteiger partial charge in [-0.1, -0.05) is 0 Å². The fourth-order valence-corrected chi connectivity index (χ4v) is 4.59. The summed E-state index contributed by atoms with van der Waals surface area (Å²) in [6, 6.07) is 7.43. The van der Waals surface area contributed by atoms with Crippen molar-refractivity contribution in [3.8, 4) is 5.69 Å². The lowest BCUT2D eigenvalue weighted by atomic mass is 10.1. The van der Waals surface area contributed by atoms with Crippen LogP contribution in [0.15, 0.2) is 30.6 Å². The molecule has 0 amide bonds. The molecule has 3 atom stereocenters. The number of rotatable bonds is 3. The molecule has 2 saturated heterocycles. The minimum atomic E-state index is -0.146. The lowest BCUT2D eigenvalue weighted by Gasteiger charge is -2.42. The number of hydrogen-bond acceptors (Lipinski definition) is 4. The van der Waals surface area contributed by atoms with Gasteiger partial charge in [0.05, 0.1) is 18.0 Å². The van der Waals surface area contributed by atoms with Crippen molar-refractivity contribution in [3.63, 3.8) is 0 Å². The first kappa shape index (κ1) is 16.8. The molecule has 0 aromatic carbocycles. The van der Waals surface area contributed by atoms with E-state index in [0.29, 0.717) is 12.1 Å². The zero-order valence-corrected chi connectivity index (χ0v) is 15.4. The third kappa shape index (κ3) is 3.12. The molecule has 2 fully saturated rings. The van der Waals surface area contributed by atoms with E-state index >= 15 is 0 Å². The van der Waals surface area contributed by atoms with Gasteiger partial charge in [-0.2, -0.15) is 0 Å². The first-order chi connectivity index (χ1) is 12.0. The molecule has 0 aliphatic carbocycles. The number of nitrogens with zero attached hydrogens (tertiary/aromatic N) is 4. The second-order valence-corrected chi connectivity index (χ2v) is 7.72. The molecule has 2 aliphatic rings. The van der Waals surface area contributed by atoms with Crippen LogP contribution in [0.2, 0.25) is 0 Å². The highest BCUT2D eigenvalue weighted by molar-refractivity contribution is 5.39. The summed E-state index contributed by atoms with van der Waals surface area (Å²) in [6.07, 6.45) is 4.51. The van der Waals surface area contributed by atoms with E-state index in [1.807, 2.05) is 18.5 Å². The Kier molecular flexibility index (Phi) is 4.40. The summed E-state index contributed by atoms with van der Waals surface area (Å²) in [5, 5.41) is 9.96. The summed E-state index contributed by atoms with van der Waals surface area (Å²) < 4.78 is 2.29. The van der Waals surface area contributed by atoms with Gasteiger partial charge in [-0.15, -0.1) is 0 Å². The third-order valence-electron chi connectivity index (χ3n) is 5.89. The van der Waals surface area contributed by atoms with Crippen molar-refractivity contribution in [2.75, 3.05) is 19.6 Å². The van der Waals surface area contributed by atoms with Gasteiger partial charge in [0, 0.05) is 55.8 Å². The average Bonchev–Trinajstić information content (AvgIpc) is 3.07. The van der Waals surface area contributed by atoms with Crippen molar-refractivity contribution in [3.05, 3.63) is 47.5 Å². The minimum Gasteiger partial charge on any atom is -0.392 e. The Hall–Kier alpha value is -1.69. The van der Waals surface area contributed by atoms with E-state index in [9.17, 15) is 5.11 Å². The largest absolute Gasteiger partial charge is 0.392 e. The summed E-state index contributed by atoms with van der Waals surface area (Å²) in [7, 11) is 0. The Bertz CT molecular complexity index is 742. The maximum Gasteiger partial charge on any atom is 0.0682 e. The van der Waals surface area contributed by atoms with Crippen LogP contribution < -0.4 is 0 Å². The lowest BCUT2D eigenvalue weighted by molar-refractivity contribution is 0.0527. The van der Waals surface area contributed by atoms with E-state index in [0.717, 1.165) is 38.3 Å². The molecule has 2 aromatic rings. The van der Waals surface area contributed by atoms with Gasteiger partial charge < -0.3 is 9.67 Å². The van der Waals surface area contributed by atoms with Crippen molar-refractivity contribution >= 4 is 0 Å². The van der Waals surface area contributed by atoms with Crippen LogP contribution >= 0.6 is 0 Å². The van der Waals surface area contributed by atoms with Crippen LogP contribution in [-0.4, -0.2) is 62.3 Å². The van der Waals surface area contributed by atoms with Crippen molar-refractivity contribution in [1.82, 2.24) is 19.4 Å². The summed E-state index contributed by atoms with van der Waals surface area (Å²) in [5.41, 5.74) is 5.07. The van der Waals surface area contributed by atoms with E-state index in [4.69, 9.17) is 0 Å². The Morgan fingerprint density at radius 2 is 2.08 bits per heavy atom. The Morgan fingerprint density at radius 3 is 2.84 bits per heavy atom. The molecular weight excluding hydrogens is 312 g/mol. The highest BCUT2D eigenvalue weighted by Crippen LogP contribution is 2.28. The van der Waals surface area contributed by atoms with Crippen LogP contribution in [-0.2, 0) is 6.54 Å². The van der Waals surface area contributed by atoms with Gasteiger partial charge in [0.2, 0.25) is 0 Å². The fourth-order valence-electron chi connectivity index (χ4n) is 4.59. The van der Waals surface area contributed by atoms with Gasteiger partial charge in [0.25, 0.3) is 0 Å². The molecule has 134 valence electrons. The molecule has 2 aliphatic heterocycles. The summed E-state index contributed by atoms with van der Waals surface area (Å²) in [4.78, 5) is 9.30. The molecule has 0 radical (unpaired) electrons. The molecule has 1 N–H and O–H groups in total. The predicted octanol–water partition coefficient (Wildman–Crippen LogP) is 2.13. The number of piperazine rings is 1. The number of pyridine rings is 1. The number of fused-ring (bicyclic) bond motifs is 1. The smallest absolute Gasteiger partial charge is 0.0682 e. The number of aromatic nitrogens is 2. The van der Waals surface area contributed by atoms with Crippen LogP contribution in [0.1, 0.15) is 30.3 Å². The van der Waals surface area contributed by atoms with Gasteiger partial charge >= 0.3 is 0 Å². The minimum absolute atomic E-state index is 0.146. The fraction of sp³-hybridized carbons (Fsp3) is 0.550. The number of aliphatic hydroxyl groups excluding tert-OH is 1. The van der Waals surface area contributed by atoms with Crippen molar-refractivity contribution in [1.29, 1.82) is 0 Å². The van der Waals surface area contributed by atoms with Crippen LogP contribution in [0, 0.1) is 13.8 Å². The summed E-state index contributed by atoms with van der Waals surface area (Å²) in [6.45, 7) is 10.6. The maximum absolute atomic E-state index is 9.96. The van der Waals surface area contributed by atoms with Crippen LogP contribution in [0.25, 0.3) is 5.69 Å². The Labute approximate surface area is 149 Å². The molecule has 0 spiro atoms. The van der Waals surface area contributed by atoms with Crippen LogP contribution in [0.4, 0.5) is 0 Å². The number of aryl methyl sites for hydroxylation is 1. The van der Waals surface area contributed by atoms with E-state index in [1.165, 1.54) is 17.0 Å². The van der Waals surface area contributed by atoms with E-state index in [2.05, 4.69) is 52.3 Å². The second-order valence-electron chi connectivity index (χ2n) is 7.72. The molecule has 0 saturated carbocycles. The van der Waals surface area contributed by atoms with Crippen molar-refractivity contribution in [2.24, 2.45) is 0 Å². The molecule has 4 rings (SSSR count). The topological polar surface area (TPSA) is 44.5 Å². The quantitative estimate of drug-likeness (QED) is 0.930. The average molecular weight is 340 g/mol. The van der Waals surface area contributed by atoms with E-state index in [-0.39, 0.29) is 6.10 Å². The van der Waals surface area contributed by atoms with Crippen molar-refractivity contribution in [2.45, 2.75) is 51.9 Å². The zero-order chi connectivity index (χ0) is 17.6. The predicted molar refractivity (Wildman–Crippen MR) is 98.9 cm³/mol. The molecule has 1 unspecified atom stereocenters. The van der Waals surface area contributed by atoms with Gasteiger partial charge in [-0.25, -0.2) is 0 Å². The molecule has 5 heteroatoms. The Morgan fingerprint density at radius 1 is 1.24 bits per heavy atom. The SMILES string of the molecule is Cc1cc(CN2CC3C[C@@H](O)CN3C[C@H]2C)c(C)n1-c1cccnc1. The van der Waals surface area contributed by atoms with Gasteiger partial charge in [-0.05, 0) is 51.0 Å². The normalized spacial score (nSPS) is 27.6. The molecule has 5 nitrogen and oxygen atoms in total. The maximum atomic E-state index is 9.96. The summed E-state index contributed by atoms with van der Waals surface area (Å²) >= 11 is 0. The van der Waals surface area contributed by atoms with Crippen LogP contribution in [0.5, 0.6) is 0 Å². The highest BCUT2D eigenvalue weighted by atomic mass is 16.3. The monoisotopic (exact) mass is 340 g/mol. The lowest BCUT2D eigenvalue weighted by Crippen LogP contribution is -2.54. The first-order valence-corrected chi connectivity index (χ1v) is 9.27. The molecule has 0 bridgehead atoms. The third-order valence-corrected chi connectivity index (χ3v) is 5.89. The van der Waals surface area contributed by atoms with E-state index in [1.54, 1.807) is 0 Å². The van der Waals surface area contributed by atoms with Crippen LogP contribution in [0.3, 0.4) is 0 Å². The molecular formula is C20H28N4O. The zero-order valence-electron chi connectivity index (χ0n) is 15.4. The van der Waals surface area contributed by atoms with E-state index < -0.39 is 0 Å². The first-order valence-electron chi connectivity index (χ1n) is 9.27. The standard InChI is InChI=1S/C20H28N4O/c1-14-7-17(16(3)24(14)18-5-4-6-21-9-18)11-22-12-19-8-20(25)13-23(19)10-15(22)2/h4-7,9,15,19-20,25H,8,10-13H2,1-3H3/t15-,19?,20-/m1/s1. The van der Waals surface area contributed by atoms with Gasteiger partial charge in [-0.3, -0.25) is 14.8 Å². The number of aliphatic hydroxyl groups is 1. The molecule has 4 heterocycles. The molecule has 25 heavy (non-hydrogen) atoms. The highest BCUT2D eigenvalue weighted by Gasteiger charge is 2.38. The number of hydrogen-bond donors (Lipinski definition) is 1.